The molecule has 0 amide bonds. The molecule has 0 heterocycles. The second-order valence-corrected chi connectivity index (χ2v) is 6.96. The van der Waals surface area contributed by atoms with Crippen molar-refractivity contribution in [3.63, 3.8) is 0 Å². The highest BCUT2D eigenvalue weighted by atomic mass is 32.2. The quantitative estimate of drug-likeness (QED) is 0.759. The van der Waals surface area contributed by atoms with Crippen molar-refractivity contribution in [2.24, 2.45) is 5.92 Å². The zero-order chi connectivity index (χ0) is 10.7. The standard InChI is InChI=1S/C9H20NO2S/c1-8(2)6-7-10-13(11,12)9(3,4)5/h6,8,10H,7H2,1-5H3. The molecule has 0 spiro atoms. The molecule has 0 aromatic rings. The highest BCUT2D eigenvalue weighted by Gasteiger charge is 2.27. The van der Waals surface area contributed by atoms with Gasteiger partial charge in [0.2, 0.25) is 10.0 Å². The third-order valence-corrected chi connectivity index (χ3v) is 3.83. The predicted molar refractivity (Wildman–Crippen MR) is 55.8 cm³/mol. The van der Waals surface area contributed by atoms with E-state index in [0.29, 0.717) is 12.5 Å². The van der Waals surface area contributed by atoms with Crippen LogP contribution in [0.3, 0.4) is 0 Å². The summed E-state index contributed by atoms with van der Waals surface area (Å²) in [6.45, 7) is 9.51. The van der Waals surface area contributed by atoms with Gasteiger partial charge >= 0.3 is 0 Å². The van der Waals surface area contributed by atoms with E-state index in [9.17, 15) is 8.42 Å². The van der Waals surface area contributed by atoms with E-state index in [0.717, 1.165) is 0 Å². The first-order valence-electron chi connectivity index (χ1n) is 4.49. The summed E-state index contributed by atoms with van der Waals surface area (Å²) in [7, 11) is -3.17. The second-order valence-electron chi connectivity index (χ2n) is 4.44. The van der Waals surface area contributed by atoms with Crippen LogP contribution in [0.2, 0.25) is 0 Å². The van der Waals surface area contributed by atoms with Gasteiger partial charge in [-0.25, -0.2) is 13.1 Å². The molecule has 0 aromatic heterocycles. The van der Waals surface area contributed by atoms with Gasteiger partial charge in [-0.1, -0.05) is 13.8 Å². The molecule has 1 N–H and O–H groups in total. The first-order chi connectivity index (χ1) is 5.67. The van der Waals surface area contributed by atoms with Crippen molar-refractivity contribution >= 4 is 10.0 Å². The molecule has 0 rings (SSSR count). The third kappa shape index (κ3) is 4.62. The molecule has 0 aliphatic heterocycles. The fraction of sp³-hybridized carbons (Fsp3) is 0.889. The fourth-order valence-corrected chi connectivity index (χ4v) is 1.36. The summed E-state index contributed by atoms with van der Waals surface area (Å²) >= 11 is 0. The largest absolute Gasteiger partial charge is 0.216 e. The lowest BCUT2D eigenvalue weighted by atomic mass is 10.1. The summed E-state index contributed by atoms with van der Waals surface area (Å²) in [6, 6.07) is 0. The zero-order valence-corrected chi connectivity index (χ0v) is 9.90. The summed E-state index contributed by atoms with van der Waals surface area (Å²) in [5.41, 5.74) is 0. The molecule has 0 unspecified atom stereocenters. The van der Waals surface area contributed by atoms with Crippen molar-refractivity contribution in [3.8, 4) is 0 Å². The molecule has 0 aliphatic carbocycles. The van der Waals surface area contributed by atoms with Crippen LogP contribution in [-0.2, 0) is 10.0 Å². The van der Waals surface area contributed by atoms with Crippen LogP contribution in [0.5, 0.6) is 0 Å². The van der Waals surface area contributed by atoms with E-state index in [1.54, 1.807) is 20.8 Å². The number of rotatable bonds is 4. The van der Waals surface area contributed by atoms with Gasteiger partial charge in [-0.05, 0) is 33.1 Å². The van der Waals surface area contributed by atoms with E-state index in [1.165, 1.54) is 0 Å². The summed E-state index contributed by atoms with van der Waals surface area (Å²) in [5.74, 6) is 0.405. The van der Waals surface area contributed by atoms with Gasteiger partial charge in [-0.3, -0.25) is 0 Å². The summed E-state index contributed by atoms with van der Waals surface area (Å²) in [5, 5.41) is 0. The molecule has 4 heteroatoms. The minimum Gasteiger partial charge on any atom is -0.214 e. The van der Waals surface area contributed by atoms with Gasteiger partial charge in [-0.15, -0.1) is 0 Å². The van der Waals surface area contributed by atoms with Crippen LogP contribution in [0, 0.1) is 12.3 Å². The maximum absolute atomic E-state index is 11.5. The SMILES string of the molecule is CC(C)[CH]CNS(=O)(=O)C(C)(C)C. The van der Waals surface area contributed by atoms with Crippen LogP contribution < -0.4 is 4.72 Å². The molecule has 0 saturated carbocycles. The molecule has 0 aliphatic rings. The average molecular weight is 206 g/mol. The van der Waals surface area contributed by atoms with Gasteiger partial charge in [0.05, 0.1) is 4.75 Å². The predicted octanol–water partition coefficient (Wildman–Crippen LogP) is 1.56. The van der Waals surface area contributed by atoms with Gasteiger partial charge < -0.3 is 0 Å². The lowest BCUT2D eigenvalue weighted by Crippen LogP contribution is -2.40. The maximum Gasteiger partial charge on any atom is 0.216 e. The molecule has 0 atom stereocenters. The first-order valence-corrected chi connectivity index (χ1v) is 5.97. The van der Waals surface area contributed by atoms with Gasteiger partial charge in [0, 0.05) is 6.54 Å². The molecule has 3 nitrogen and oxygen atoms in total. The van der Waals surface area contributed by atoms with E-state index in [2.05, 4.69) is 4.72 Å². The van der Waals surface area contributed by atoms with E-state index >= 15 is 0 Å². The van der Waals surface area contributed by atoms with Gasteiger partial charge in [-0.2, -0.15) is 0 Å². The lowest BCUT2D eigenvalue weighted by molar-refractivity contribution is 0.545. The molecule has 13 heavy (non-hydrogen) atoms. The van der Waals surface area contributed by atoms with Crippen molar-refractivity contribution in [2.45, 2.75) is 39.4 Å². The minimum absolute atomic E-state index is 0.405. The van der Waals surface area contributed by atoms with Gasteiger partial charge in [0.1, 0.15) is 0 Å². The Morgan fingerprint density at radius 1 is 1.31 bits per heavy atom. The molecular weight excluding hydrogens is 186 g/mol. The van der Waals surface area contributed by atoms with E-state index in [1.807, 2.05) is 20.3 Å². The number of sulfonamides is 1. The fourth-order valence-electron chi connectivity index (χ4n) is 0.610. The van der Waals surface area contributed by atoms with Crippen molar-refractivity contribution in [2.75, 3.05) is 6.54 Å². The molecule has 0 fully saturated rings. The third-order valence-electron chi connectivity index (χ3n) is 1.67. The molecular formula is C9H20NO2S. The van der Waals surface area contributed by atoms with Crippen molar-refractivity contribution in [1.29, 1.82) is 0 Å². The van der Waals surface area contributed by atoms with Crippen LogP contribution in [0.15, 0.2) is 0 Å². The van der Waals surface area contributed by atoms with E-state index in [-0.39, 0.29) is 0 Å². The Balaban J connectivity index is 4.07. The average Bonchev–Trinajstić information content (AvgIpc) is 1.82. The van der Waals surface area contributed by atoms with Crippen molar-refractivity contribution in [3.05, 3.63) is 6.42 Å². The highest BCUT2D eigenvalue weighted by molar-refractivity contribution is 7.90. The molecule has 0 aromatic carbocycles. The van der Waals surface area contributed by atoms with Gasteiger partial charge in [0.25, 0.3) is 0 Å². The maximum atomic E-state index is 11.5. The van der Waals surface area contributed by atoms with Crippen LogP contribution in [-0.4, -0.2) is 19.7 Å². The summed E-state index contributed by atoms with van der Waals surface area (Å²) in [4.78, 5) is 0. The van der Waals surface area contributed by atoms with Crippen LogP contribution in [0.1, 0.15) is 34.6 Å². The normalized spacial score (nSPS) is 13.7. The Labute approximate surface area is 82.0 Å². The Morgan fingerprint density at radius 3 is 2.08 bits per heavy atom. The lowest BCUT2D eigenvalue weighted by Gasteiger charge is -2.19. The monoisotopic (exact) mass is 206 g/mol. The number of hydrogen-bond donors (Lipinski definition) is 1. The Bertz CT molecular complexity index is 237. The second kappa shape index (κ2) is 4.42. The molecule has 1 radical (unpaired) electrons. The molecule has 0 saturated heterocycles. The number of hydrogen-bond acceptors (Lipinski definition) is 2. The molecule has 79 valence electrons. The van der Waals surface area contributed by atoms with E-state index < -0.39 is 14.8 Å². The smallest absolute Gasteiger partial charge is 0.214 e. The van der Waals surface area contributed by atoms with Crippen molar-refractivity contribution < 1.29 is 8.42 Å². The van der Waals surface area contributed by atoms with Crippen LogP contribution in [0.4, 0.5) is 0 Å². The van der Waals surface area contributed by atoms with E-state index in [4.69, 9.17) is 0 Å². The van der Waals surface area contributed by atoms with Crippen LogP contribution >= 0.6 is 0 Å². The van der Waals surface area contributed by atoms with Crippen LogP contribution in [0.25, 0.3) is 0 Å². The first kappa shape index (κ1) is 12.9. The van der Waals surface area contributed by atoms with Crippen molar-refractivity contribution in [1.82, 2.24) is 4.72 Å². The summed E-state index contributed by atoms with van der Waals surface area (Å²) < 4.78 is 24.8. The Morgan fingerprint density at radius 2 is 1.77 bits per heavy atom. The summed E-state index contributed by atoms with van der Waals surface area (Å²) in [6.07, 6.45) is 1.93. The number of nitrogens with one attached hydrogen (secondary N) is 1. The van der Waals surface area contributed by atoms with Gasteiger partial charge in [0.15, 0.2) is 0 Å². The Hall–Kier alpha value is -0.0900. The topological polar surface area (TPSA) is 46.2 Å². The Kier molecular flexibility index (Phi) is 4.39. The molecule has 0 bridgehead atoms. The highest BCUT2D eigenvalue weighted by Crippen LogP contribution is 2.12. The zero-order valence-electron chi connectivity index (χ0n) is 9.09. The minimum atomic E-state index is -3.17.